The number of thioether (sulfide) groups is 2. The molecule has 1 aromatic heterocycles. The summed E-state index contributed by atoms with van der Waals surface area (Å²) in [6.07, 6.45) is 2.77. The van der Waals surface area contributed by atoms with Gasteiger partial charge in [0.2, 0.25) is 0 Å². The van der Waals surface area contributed by atoms with Crippen molar-refractivity contribution in [2.24, 2.45) is 0 Å². The van der Waals surface area contributed by atoms with Crippen LogP contribution in [-0.4, -0.2) is 27.1 Å². The lowest BCUT2D eigenvalue weighted by Crippen LogP contribution is -2.11. The highest BCUT2D eigenvalue weighted by molar-refractivity contribution is 8.00. The molecule has 1 fully saturated rings. The average Bonchev–Trinajstić information content (AvgIpc) is 3.45. The van der Waals surface area contributed by atoms with E-state index in [1.165, 1.54) is 24.0 Å². The highest BCUT2D eigenvalue weighted by Gasteiger charge is 2.45. The lowest BCUT2D eigenvalue weighted by Gasteiger charge is -2.13. The van der Waals surface area contributed by atoms with E-state index in [0.29, 0.717) is 10.6 Å². The predicted molar refractivity (Wildman–Crippen MR) is 105 cm³/mol. The molecule has 1 N–H and O–H groups in total. The average molecular weight is 438 g/mol. The molecule has 9 heteroatoms. The first-order valence-electron chi connectivity index (χ1n) is 8.83. The van der Waals surface area contributed by atoms with E-state index < -0.39 is 16.7 Å². The Morgan fingerprint density at radius 1 is 1.34 bits per heavy atom. The fraction of sp³-hybridized carbons (Fsp3) is 0.350. The number of ketones is 1. The lowest BCUT2D eigenvalue weighted by atomic mass is 9.98. The monoisotopic (exact) mass is 438 g/mol. The van der Waals surface area contributed by atoms with Crippen molar-refractivity contribution in [1.82, 2.24) is 4.98 Å². The number of halogens is 3. The van der Waals surface area contributed by atoms with Crippen LogP contribution < -0.4 is 0 Å². The van der Waals surface area contributed by atoms with Gasteiger partial charge < -0.3 is 5.11 Å². The zero-order valence-corrected chi connectivity index (χ0v) is 17.0. The van der Waals surface area contributed by atoms with E-state index in [1.54, 1.807) is 6.07 Å². The number of nitrogens with zero attached hydrogens (tertiary/aromatic N) is 2. The number of benzene rings is 1. The molecule has 0 atom stereocenters. The van der Waals surface area contributed by atoms with Crippen LogP contribution in [0.4, 0.5) is 13.2 Å². The van der Waals surface area contributed by atoms with Gasteiger partial charge in [0.25, 0.3) is 0 Å². The Bertz CT molecular complexity index is 983. The molecular formula is C20H17F3N2O2S2. The molecule has 0 saturated heterocycles. The Balaban J connectivity index is 1.87. The molecule has 0 amide bonds. The molecule has 29 heavy (non-hydrogen) atoms. The van der Waals surface area contributed by atoms with Gasteiger partial charge in [0, 0.05) is 28.0 Å². The number of rotatable bonds is 7. The van der Waals surface area contributed by atoms with E-state index in [0.717, 1.165) is 30.5 Å². The molecule has 3 rings (SSSR count). The Hall–Kier alpha value is -2.18. The molecule has 0 aliphatic heterocycles. The van der Waals surface area contributed by atoms with Gasteiger partial charge in [-0.05, 0) is 60.2 Å². The van der Waals surface area contributed by atoms with E-state index in [2.05, 4.69) is 11.1 Å². The van der Waals surface area contributed by atoms with Gasteiger partial charge >= 0.3 is 5.51 Å². The zero-order chi connectivity index (χ0) is 21.2. The summed E-state index contributed by atoms with van der Waals surface area (Å²) in [4.78, 5) is 17.6. The van der Waals surface area contributed by atoms with Crippen molar-refractivity contribution in [2.75, 3.05) is 5.75 Å². The number of pyridine rings is 1. The van der Waals surface area contributed by atoms with E-state index in [4.69, 9.17) is 0 Å². The molecule has 0 unspecified atom stereocenters. The Morgan fingerprint density at radius 3 is 2.66 bits per heavy atom. The molecule has 4 nitrogen and oxygen atoms in total. The molecular weight excluding hydrogens is 421 g/mol. The summed E-state index contributed by atoms with van der Waals surface area (Å²) < 4.78 is 37.8. The highest BCUT2D eigenvalue weighted by Crippen LogP contribution is 2.48. The molecule has 1 saturated carbocycles. The molecule has 0 spiro atoms. The van der Waals surface area contributed by atoms with E-state index in [9.17, 15) is 28.3 Å². The predicted octanol–water partition coefficient (Wildman–Crippen LogP) is 5.49. The first-order chi connectivity index (χ1) is 13.7. The van der Waals surface area contributed by atoms with Crippen LogP contribution in [0.5, 0.6) is 5.75 Å². The van der Waals surface area contributed by atoms with E-state index >= 15 is 0 Å². The van der Waals surface area contributed by atoms with Crippen LogP contribution in [-0.2, 0) is 11.8 Å². The standard InChI is InChI=1S/C20H17F3N2O2S2/c1-2-28-17-9-13(19(11-24)5-6-19)10-25-18(17)16(27)8-12-7-14(3-4-15(12)26)29-20(21,22)23/h3-4,7,9-10,26H,2,5-6,8H2,1H3. The summed E-state index contributed by atoms with van der Waals surface area (Å²) in [6.45, 7) is 1.92. The molecule has 1 aromatic carbocycles. The van der Waals surface area contributed by atoms with Gasteiger partial charge in [0.1, 0.15) is 11.4 Å². The Kier molecular flexibility index (Phi) is 6.15. The second kappa shape index (κ2) is 8.28. The number of alkyl halides is 3. The van der Waals surface area contributed by atoms with Gasteiger partial charge in [-0.3, -0.25) is 9.78 Å². The molecule has 152 valence electrons. The fourth-order valence-corrected chi connectivity index (χ4v) is 4.36. The number of carbonyl (C=O) groups is 1. The lowest BCUT2D eigenvalue weighted by molar-refractivity contribution is -0.0328. The van der Waals surface area contributed by atoms with Crippen LogP contribution in [0.25, 0.3) is 0 Å². The van der Waals surface area contributed by atoms with Crippen LogP contribution >= 0.6 is 23.5 Å². The molecule has 1 heterocycles. The molecule has 1 aliphatic carbocycles. The first kappa shape index (κ1) is 21.5. The molecule has 0 bridgehead atoms. The van der Waals surface area contributed by atoms with Gasteiger partial charge in [0.15, 0.2) is 5.78 Å². The third kappa shape index (κ3) is 5.06. The number of phenols is 1. The third-order valence-electron chi connectivity index (χ3n) is 4.57. The van der Waals surface area contributed by atoms with Gasteiger partial charge in [0.05, 0.1) is 11.5 Å². The SMILES string of the molecule is CCSc1cc(C2(C#N)CC2)cnc1C(=O)Cc1cc(SC(F)(F)F)ccc1O. The van der Waals surface area contributed by atoms with Crippen molar-refractivity contribution in [3.63, 3.8) is 0 Å². The maximum Gasteiger partial charge on any atom is 0.446 e. The number of phenolic OH excluding ortho intramolecular Hbond substituents is 1. The minimum absolute atomic E-state index is 0.103. The Morgan fingerprint density at radius 2 is 2.07 bits per heavy atom. The van der Waals surface area contributed by atoms with Gasteiger partial charge in [-0.1, -0.05) is 6.92 Å². The second-order valence-corrected chi connectivity index (χ2v) is 9.08. The van der Waals surface area contributed by atoms with Gasteiger partial charge in [-0.25, -0.2) is 0 Å². The van der Waals surface area contributed by atoms with E-state index in [1.807, 2.05) is 6.92 Å². The smallest absolute Gasteiger partial charge is 0.446 e. The summed E-state index contributed by atoms with van der Waals surface area (Å²) in [6, 6.07) is 7.58. The fourth-order valence-electron chi connectivity index (χ4n) is 2.93. The van der Waals surface area contributed by atoms with Crippen LogP contribution in [0.1, 0.15) is 41.4 Å². The maximum atomic E-state index is 12.8. The van der Waals surface area contributed by atoms with Crippen molar-refractivity contribution in [3.05, 3.63) is 47.3 Å². The third-order valence-corrected chi connectivity index (χ3v) is 6.20. The van der Waals surface area contributed by atoms with Crippen LogP contribution in [0.15, 0.2) is 40.3 Å². The van der Waals surface area contributed by atoms with Crippen molar-refractivity contribution in [3.8, 4) is 11.8 Å². The zero-order valence-electron chi connectivity index (χ0n) is 15.4. The molecule has 2 aromatic rings. The summed E-state index contributed by atoms with van der Waals surface area (Å²) in [7, 11) is 0. The number of hydrogen-bond acceptors (Lipinski definition) is 6. The van der Waals surface area contributed by atoms with Crippen LogP contribution in [0.2, 0.25) is 0 Å². The van der Waals surface area contributed by atoms with E-state index in [-0.39, 0.29) is 40.1 Å². The van der Waals surface area contributed by atoms with Crippen molar-refractivity contribution >= 4 is 29.3 Å². The van der Waals surface area contributed by atoms with Crippen LogP contribution in [0, 0.1) is 11.3 Å². The maximum absolute atomic E-state index is 12.8. The number of nitriles is 1. The summed E-state index contributed by atoms with van der Waals surface area (Å²) in [5, 5.41) is 19.4. The minimum atomic E-state index is -4.46. The van der Waals surface area contributed by atoms with Crippen molar-refractivity contribution in [1.29, 1.82) is 5.26 Å². The highest BCUT2D eigenvalue weighted by atomic mass is 32.2. The largest absolute Gasteiger partial charge is 0.508 e. The quantitative estimate of drug-likeness (QED) is 0.455. The van der Waals surface area contributed by atoms with Crippen LogP contribution in [0.3, 0.4) is 0 Å². The van der Waals surface area contributed by atoms with Gasteiger partial charge in [-0.2, -0.15) is 18.4 Å². The Labute approximate surface area is 174 Å². The normalized spacial score (nSPS) is 15.0. The van der Waals surface area contributed by atoms with Gasteiger partial charge in [-0.15, -0.1) is 11.8 Å². The summed E-state index contributed by atoms with van der Waals surface area (Å²) >= 11 is 1.12. The summed E-state index contributed by atoms with van der Waals surface area (Å²) in [5.74, 6) is 0.0415. The number of hydrogen-bond donors (Lipinski definition) is 1. The summed E-state index contributed by atoms with van der Waals surface area (Å²) in [5.41, 5.74) is -3.90. The number of Topliss-reactive ketones (excluding diaryl/α,β-unsaturated/α-hetero) is 1. The van der Waals surface area contributed by atoms with Crippen molar-refractivity contribution < 1.29 is 23.1 Å². The molecule has 0 radical (unpaired) electrons. The second-order valence-electron chi connectivity index (χ2n) is 6.64. The molecule has 1 aliphatic rings. The van der Waals surface area contributed by atoms with Crippen molar-refractivity contribution in [2.45, 2.75) is 46.9 Å². The first-order valence-corrected chi connectivity index (χ1v) is 10.6. The number of aromatic nitrogens is 1. The number of carbonyl (C=O) groups excluding carboxylic acids is 1. The minimum Gasteiger partial charge on any atom is -0.508 e. The number of aromatic hydroxyl groups is 1. The topological polar surface area (TPSA) is 74.0 Å².